The van der Waals surface area contributed by atoms with Crippen molar-refractivity contribution in [3.8, 4) is 22.3 Å². The number of halogens is 1. The van der Waals surface area contributed by atoms with E-state index in [-0.39, 0.29) is 0 Å². The molecule has 1 aromatic carbocycles. The summed E-state index contributed by atoms with van der Waals surface area (Å²) in [5.74, 6) is 0. The molecule has 1 aliphatic rings. The van der Waals surface area contributed by atoms with Gasteiger partial charge in [-0.2, -0.15) is 0 Å². The van der Waals surface area contributed by atoms with Gasteiger partial charge in [0.05, 0.1) is 0 Å². The minimum Gasteiger partial charge on any atom is -0.263 e. The minimum absolute atomic E-state index is 0.751. The molecule has 2 nitrogen and oxygen atoms in total. The van der Waals surface area contributed by atoms with Gasteiger partial charge in [-0.3, -0.25) is 9.97 Å². The lowest BCUT2D eigenvalue weighted by Gasteiger charge is -2.10. The fourth-order valence-electron chi connectivity index (χ4n) is 3.16. The lowest BCUT2D eigenvalue weighted by Crippen LogP contribution is -1.93. The van der Waals surface area contributed by atoms with Gasteiger partial charge >= 0.3 is 0 Å². The van der Waals surface area contributed by atoms with Crippen LogP contribution in [0.5, 0.6) is 0 Å². The average Bonchev–Trinajstić information content (AvgIpc) is 3.04. The second kappa shape index (κ2) is 5.54. The first-order valence-electron chi connectivity index (χ1n) is 7.50. The molecule has 2 aromatic heterocycles. The van der Waals surface area contributed by atoms with Crippen LogP contribution in [0.1, 0.15) is 17.7 Å². The Kier molecular flexibility index (Phi) is 3.39. The molecule has 0 amide bonds. The average molecular weight is 307 g/mol. The van der Waals surface area contributed by atoms with E-state index >= 15 is 0 Å². The summed E-state index contributed by atoms with van der Waals surface area (Å²) in [5.41, 5.74) is 7.07. The van der Waals surface area contributed by atoms with Gasteiger partial charge in [0.1, 0.15) is 0 Å². The highest BCUT2D eigenvalue weighted by atomic mass is 35.5. The topological polar surface area (TPSA) is 25.8 Å². The van der Waals surface area contributed by atoms with Gasteiger partial charge in [-0.1, -0.05) is 29.8 Å². The Morgan fingerprint density at radius 3 is 2.59 bits per heavy atom. The van der Waals surface area contributed by atoms with Crippen molar-refractivity contribution in [2.45, 2.75) is 19.3 Å². The number of hydrogen-bond donors (Lipinski definition) is 0. The maximum absolute atomic E-state index is 6.31. The molecule has 108 valence electrons. The van der Waals surface area contributed by atoms with E-state index in [0.717, 1.165) is 34.6 Å². The van der Waals surface area contributed by atoms with Crippen LogP contribution in [-0.4, -0.2) is 9.97 Å². The zero-order valence-electron chi connectivity index (χ0n) is 12.1. The van der Waals surface area contributed by atoms with Crippen molar-refractivity contribution < 1.29 is 0 Å². The Labute approximate surface area is 134 Å². The van der Waals surface area contributed by atoms with E-state index in [1.807, 2.05) is 42.9 Å². The van der Waals surface area contributed by atoms with Crippen LogP contribution < -0.4 is 0 Å². The number of aromatic nitrogens is 2. The summed E-state index contributed by atoms with van der Waals surface area (Å²) >= 11 is 6.31. The number of hydrogen-bond acceptors (Lipinski definition) is 2. The summed E-state index contributed by atoms with van der Waals surface area (Å²) < 4.78 is 0. The zero-order valence-corrected chi connectivity index (χ0v) is 12.8. The highest BCUT2D eigenvalue weighted by molar-refractivity contribution is 6.33. The molecule has 0 aliphatic heterocycles. The lowest BCUT2D eigenvalue weighted by molar-refractivity contribution is 0.899. The molecule has 0 radical (unpaired) electrons. The molecule has 22 heavy (non-hydrogen) atoms. The van der Waals surface area contributed by atoms with Crippen molar-refractivity contribution in [2.24, 2.45) is 0 Å². The summed E-state index contributed by atoms with van der Waals surface area (Å²) in [4.78, 5) is 8.92. The largest absolute Gasteiger partial charge is 0.263 e. The van der Waals surface area contributed by atoms with Crippen molar-refractivity contribution in [3.05, 3.63) is 71.3 Å². The molecule has 0 unspecified atom stereocenters. The van der Waals surface area contributed by atoms with E-state index in [1.165, 1.54) is 23.2 Å². The third-order valence-corrected chi connectivity index (χ3v) is 4.55. The Morgan fingerprint density at radius 2 is 1.73 bits per heavy atom. The number of nitrogens with zero attached hydrogens (tertiary/aromatic N) is 2. The summed E-state index contributed by atoms with van der Waals surface area (Å²) in [5, 5.41) is 0.751. The van der Waals surface area contributed by atoms with E-state index in [1.54, 1.807) is 0 Å². The van der Waals surface area contributed by atoms with Crippen LogP contribution in [0, 0.1) is 0 Å². The first kappa shape index (κ1) is 13.5. The lowest BCUT2D eigenvalue weighted by atomic mass is 9.98. The molecule has 0 spiro atoms. The Morgan fingerprint density at radius 1 is 0.909 bits per heavy atom. The van der Waals surface area contributed by atoms with E-state index in [9.17, 15) is 0 Å². The fourth-order valence-corrected chi connectivity index (χ4v) is 3.41. The van der Waals surface area contributed by atoms with Crippen molar-refractivity contribution >= 4 is 11.6 Å². The SMILES string of the molecule is Clc1ccccc1-c1cncc(-c2ccnc3c2CCC3)c1. The van der Waals surface area contributed by atoms with Gasteiger partial charge in [-0.15, -0.1) is 0 Å². The molecule has 3 heteroatoms. The first-order chi connectivity index (χ1) is 10.8. The van der Waals surface area contributed by atoms with Crippen LogP contribution in [0.25, 0.3) is 22.3 Å². The summed E-state index contributed by atoms with van der Waals surface area (Å²) in [6.45, 7) is 0. The third-order valence-electron chi connectivity index (χ3n) is 4.22. The number of rotatable bonds is 2. The maximum atomic E-state index is 6.31. The second-order valence-electron chi connectivity index (χ2n) is 5.58. The summed E-state index contributed by atoms with van der Waals surface area (Å²) in [6, 6.07) is 12.1. The van der Waals surface area contributed by atoms with Gasteiger partial charge in [-0.05, 0) is 48.6 Å². The van der Waals surface area contributed by atoms with Crippen LogP contribution in [-0.2, 0) is 12.8 Å². The number of benzene rings is 1. The van der Waals surface area contributed by atoms with E-state index in [0.29, 0.717) is 0 Å². The molecule has 3 aromatic rings. The van der Waals surface area contributed by atoms with Crippen LogP contribution >= 0.6 is 11.6 Å². The van der Waals surface area contributed by atoms with Gasteiger partial charge in [0.15, 0.2) is 0 Å². The molecule has 0 atom stereocenters. The monoisotopic (exact) mass is 306 g/mol. The van der Waals surface area contributed by atoms with E-state index < -0.39 is 0 Å². The molecule has 0 fully saturated rings. The number of fused-ring (bicyclic) bond motifs is 1. The number of aryl methyl sites for hydroxylation is 1. The van der Waals surface area contributed by atoms with Gasteiger partial charge in [0.2, 0.25) is 0 Å². The summed E-state index contributed by atoms with van der Waals surface area (Å²) in [7, 11) is 0. The Balaban J connectivity index is 1.84. The predicted molar refractivity (Wildman–Crippen MR) is 89.9 cm³/mol. The third kappa shape index (κ3) is 2.30. The van der Waals surface area contributed by atoms with Crippen molar-refractivity contribution in [3.63, 3.8) is 0 Å². The molecule has 0 bridgehead atoms. The zero-order chi connectivity index (χ0) is 14.9. The van der Waals surface area contributed by atoms with Crippen LogP contribution in [0.3, 0.4) is 0 Å². The standard InChI is InChI=1S/C19H15ClN2/c20-18-6-2-1-4-16(18)14-10-13(11-21-12-14)15-8-9-22-19-7-3-5-17(15)19/h1-2,4,6,8-12H,3,5,7H2. The Bertz CT molecular complexity index is 842. The Hall–Kier alpha value is -2.19. The molecular weight excluding hydrogens is 292 g/mol. The fraction of sp³-hybridized carbons (Fsp3) is 0.158. The molecule has 1 aliphatic carbocycles. The van der Waals surface area contributed by atoms with Crippen molar-refractivity contribution in [1.29, 1.82) is 0 Å². The van der Waals surface area contributed by atoms with Gasteiger partial charge in [0, 0.05) is 46.0 Å². The molecule has 0 saturated heterocycles. The van der Waals surface area contributed by atoms with Crippen LogP contribution in [0.4, 0.5) is 0 Å². The van der Waals surface area contributed by atoms with Crippen LogP contribution in [0.2, 0.25) is 5.02 Å². The quantitative estimate of drug-likeness (QED) is 0.669. The van der Waals surface area contributed by atoms with Crippen LogP contribution in [0.15, 0.2) is 55.0 Å². The van der Waals surface area contributed by atoms with Gasteiger partial charge in [-0.25, -0.2) is 0 Å². The van der Waals surface area contributed by atoms with Crippen molar-refractivity contribution in [2.75, 3.05) is 0 Å². The van der Waals surface area contributed by atoms with Gasteiger partial charge < -0.3 is 0 Å². The molecular formula is C19H15ClN2. The molecule has 0 N–H and O–H groups in total. The highest BCUT2D eigenvalue weighted by Gasteiger charge is 2.17. The second-order valence-corrected chi connectivity index (χ2v) is 5.99. The van der Waals surface area contributed by atoms with E-state index in [2.05, 4.69) is 22.1 Å². The minimum atomic E-state index is 0.751. The van der Waals surface area contributed by atoms with E-state index in [4.69, 9.17) is 11.6 Å². The summed E-state index contributed by atoms with van der Waals surface area (Å²) in [6.07, 6.45) is 9.08. The highest BCUT2D eigenvalue weighted by Crippen LogP contribution is 2.34. The number of pyridine rings is 2. The normalized spacial score (nSPS) is 13.1. The molecule has 2 heterocycles. The molecule has 4 rings (SSSR count). The predicted octanol–water partition coefficient (Wildman–Crippen LogP) is 4.95. The van der Waals surface area contributed by atoms with Crippen molar-refractivity contribution in [1.82, 2.24) is 9.97 Å². The first-order valence-corrected chi connectivity index (χ1v) is 7.88. The van der Waals surface area contributed by atoms with Gasteiger partial charge in [0.25, 0.3) is 0 Å². The smallest absolute Gasteiger partial charge is 0.0484 e. The molecule has 0 saturated carbocycles. The maximum Gasteiger partial charge on any atom is 0.0484 e.